The van der Waals surface area contributed by atoms with Crippen LogP contribution in [0.5, 0.6) is 0 Å². The Bertz CT molecular complexity index is 434. The Hall–Kier alpha value is -1.61. The molecule has 0 radical (unpaired) electrons. The van der Waals surface area contributed by atoms with Crippen molar-refractivity contribution in [2.45, 2.75) is 19.1 Å². The van der Waals surface area contributed by atoms with E-state index in [0.29, 0.717) is 5.56 Å². The number of halogens is 4. The summed E-state index contributed by atoms with van der Waals surface area (Å²) in [6.07, 6.45) is -4.41. The van der Waals surface area contributed by atoms with Gasteiger partial charge in [0, 0.05) is 0 Å². The summed E-state index contributed by atoms with van der Waals surface area (Å²) in [6.45, 7) is 0.315. The van der Waals surface area contributed by atoms with Crippen molar-refractivity contribution in [1.29, 1.82) is 5.26 Å². The first kappa shape index (κ1) is 13.5. The highest BCUT2D eigenvalue weighted by Gasteiger charge is 2.28. The molecule has 1 atom stereocenters. The molecule has 2 nitrogen and oxygen atoms in total. The van der Waals surface area contributed by atoms with Gasteiger partial charge in [0.2, 0.25) is 0 Å². The molecule has 1 N–H and O–H groups in total. The van der Waals surface area contributed by atoms with Gasteiger partial charge in [0.15, 0.2) is 0 Å². The van der Waals surface area contributed by atoms with E-state index in [4.69, 9.17) is 5.26 Å². The standard InChI is InChI=1S/C11H10F4N2/c1-7-2-3-8(12)4-9(7)10(5-16)17-6-11(13,14)15/h2-4,10,17H,6H2,1H3. The van der Waals surface area contributed by atoms with E-state index in [1.807, 2.05) is 5.32 Å². The van der Waals surface area contributed by atoms with Gasteiger partial charge in [0.1, 0.15) is 11.9 Å². The Balaban J connectivity index is 2.88. The number of nitrogens with one attached hydrogen (secondary N) is 1. The monoisotopic (exact) mass is 246 g/mol. The highest BCUT2D eigenvalue weighted by molar-refractivity contribution is 5.32. The summed E-state index contributed by atoms with van der Waals surface area (Å²) in [5.74, 6) is -0.584. The maximum absolute atomic E-state index is 13.0. The predicted octanol–water partition coefficient (Wildman–Crippen LogP) is 2.85. The van der Waals surface area contributed by atoms with Crippen molar-refractivity contribution < 1.29 is 17.6 Å². The molecule has 1 aromatic carbocycles. The van der Waals surface area contributed by atoms with Crippen molar-refractivity contribution in [2.24, 2.45) is 0 Å². The van der Waals surface area contributed by atoms with Crippen LogP contribution in [-0.4, -0.2) is 12.7 Å². The van der Waals surface area contributed by atoms with Crippen LogP contribution in [0.4, 0.5) is 17.6 Å². The Morgan fingerprint density at radius 2 is 2.06 bits per heavy atom. The molecule has 0 aliphatic carbocycles. The van der Waals surface area contributed by atoms with E-state index in [1.54, 1.807) is 13.0 Å². The lowest BCUT2D eigenvalue weighted by Crippen LogP contribution is -2.31. The zero-order chi connectivity index (χ0) is 13.1. The molecule has 0 heterocycles. The van der Waals surface area contributed by atoms with Crippen molar-refractivity contribution in [2.75, 3.05) is 6.54 Å². The van der Waals surface area contributed by atoms with Crippen molar-refractivity contribution in [3.8, 4) is 6.07 Å². The second kappa shape index (κ2) is 5.15. The average Bonchev–Trinajstić information content (AvgIpc) is 2.22. The molecular formula is C11H10F4N2. The molecule has 0 saturated carbocycles. The number of benzene rings is 1. The van der Waals surface area contributed by atoms with Gasteiger partial charge in [-0.2, -0.15) is 18.4 Å². The van der Waals surface area contributed by atoms with Crippen molar-refractivity contribution >= 4 is 0 Å². The predicted molar refractivity (Wildman–Crippen MR) is 53.5 cm³/mol. The van der Waals surface area contributed by atoms with Gasteiger partial charge in [-0.25, -0.2) is 4.39 Å². The van der Waals surface area contributed by atoms with Gasteiger partial charge in [-0.1, -0.05) is 6.07 Å². The normalized spacial score (nSPS) is 13.2. The third-order valence-electron chi connectivity index (χ3n) is 2.19. The smallest absolute Gasteiger partial charge is 0.290 e. The van der Waals surface area contributed by atoms with E-state index in [-0.39, 0.29) is 5.56 Å². The van der Waals surface area contributed by atoms with Crippen LogP contribution in [0.3, 0.4) is 0 Å². The first-order chi connectivity index (χ1) is 7.83. The lowest BCUT2D eigenvalue weighted by atomic mass is 10.0. The minimum absolute atomic E-state index is 0.219. The quantitative estimate of drug-likeness (QED) is 0.832. The number of aryl methyl sites for hydroxylation is 1. The summed E-state index contributed by atoms with van der Waals surface area (Å²) >= 11 is 0. The highest BCUT2D eigenvalue weighted by atomic mass is 19.4. The zero-order valence-corrected chi connectivity index (χ0v) is 8.98. The summed E-state index contributed by atoms with van der Waals surface area (Å²) in [7, 11) is 0. The van der Waals surface area contributed by atoms with Crippen LogP contribution >= 0.6 is 0 Å². The molecule has 1 rings (SSSR count). The Kier molecular flexibility index (Phi) is 4.07. The Morgan fingerprint density at radius 3 is 2.59 bits per heavy atom. The lowest BCUT2D eigenvalue weighted by molar-refractivity contribution is -0.125. The molecular weight excluding hydrogens is 236 g/mol. The molecule has 0 bridgehead atoms. The number of nitrogens with zero attached hydrogens (tertiary/aromatic N) is 1. The van der Waals surface area contributed by atoms with Crippen molar-refractivity contribution in [3.63, 3.8) is 0 Å². The molecule has 0 fully saturated rings. The van der Waals surface area contributed by atoms with Crippen LogP contribution < -0.4 is 5.32 Å². The van der Waals surface area contributed by atoms with Gasteiger partial charge >= 0.3 is 6.18 Å². The Labute approximate surface area is 95.9 Å². The molecule has 0 spiro atoms. The van der Waals surface area contributed by atoms with Gasteiger partial charge in [0.25, 0.3) is 0 Å². The van der Waals surface area contributed by atoms with Gasteiger partial charge < -0.3 is 0 Å². The first-order valence-corrected chi connectivity index (χ1v) is 4.79. The molecule has 1 aromatic rings. The molecule has 0 aromatic heterocycles. The molecule has 0 amide bonds. The molecule has 17 heavy (non-hydrogen) atoms. The second-order valence-electron chi connectivity index (χ2n) is 3.56. The topological polar surface area (TPSA) is 35.8 Å². The van der Waals surface area contributed by atoms with E-state index in [2.05, 4.69) is 0 Å². The highest BCUT2D eigenvalue weighted by Crippen LogP contribution is 2.20. The van der Waals surface area contributed by atoms with Gasteiger partial charge in [-0.3, -0.25) is 5.32 Å². The Morgan fingerprint density at radius 1 is 1.41 bits per heavy atom. The van der Waals surface area contributed by atoms with Crippen molar-refractivity contribution in [3.05, 3.63) is 35.1 Å². The van der Waals surface area contributed by atoms with E-state index in [9.17, 15) is 17.6 Å². The second-order valence-corrected chi connectivity index (χ2v) is 3.56. The molecule has 92 valence electrons. The molecule has 6 heteroatoms. The van der Waals surface area contributed by atoms with Gasteiger partial charge in [-0.15, -0.1) is 0 Å². The van der Waals surface area contributed by atoms with Gasteiger partial charge in [-0.05, 0) is 30.2 Å². The maximum Gasteiger partial charge on any atom is 0.401 e. The van der Waals surface area contributed by atoms with E-state index in [1.165, 1.54) is 12.1 Å². The van der Waals surface area contributed by atoms with Crippen LogP contribution in [0.25, 0.3) is 0 Å². The number of alkyl halides is 3. The summed E-state index contributed by atoms with van der Waals surface area (Å²) in [5, 5.41) is 10.8. The number of rotatable bonds is 3. The van der Waals surface area contributed by atoms with Crippen LogP contribution in [0.2, 0.25) is 0 Å². The van der Waals surface area contributed by atoms with E-state index in [0.717, 1.165) is 6.07 Å². The van der Waals surface area contributed by atoms with Crippen LogP contribution in [-0.2, 0) is 0 Å². The molecule has 0 aliphatic heterocycles. The first-order valence-electron chi connectivity index (χ1n) is 4.79. The van der Waals surface area contributed by atoms with Crippen LogP contribution in [0, 0.1) is 24.1 Å². The number of hydrogen-bond acceptors (Lipinski definition) is 2. The fourth-order valence-corrected chi connectivity index (χ4v) is 1.37. The number of nitriles is 1. The SMILES string of the molecule is Cc1ccc(F)cc1C(C#N)NCC(F)(F)F. The fraction of sp³-hybridized carbons (Fsp3) is 0.364. The number of hydrogen-bond donors (Lipinski definition) is 1. The summed E-state index contributed by atoms with van der Waals surface area (Å²) in [5.41, 5.74) is 0.782. The lowest BCUT2D eigenvalue weighted by Gasteiger charge is -2.15. The molecule has 0 aliphatic rings. The largest absolute Gasteiger partial charge is 0.401 e. The summed E-state index contributed by atoms with van der Waals surface area (Å²) in [4.78, 5) is 0. The van der Waals surface area contributed by atoms with E-state index >= 15 is 0 Å². The summed E-state index contributed by atoms with van der Waals surface area (Å²) < 4.78 is 49.0. The van der Waals surface area contributed by atoms with E-state index < -0.39 is 24.6 Å². The minimum atomic E-state index is -4.41. The third kappa shape index (κ3) is 4.04. The fourth-order valence-electron chi connectivity index (χ4n) is 1.37. The third-order valence-corrected chi connectivity index (χ3v) is 2.19. The average molecular weight is 246 g/mol. The van der Waals surface area contributed by atoms with Crippen molar-refractivity contribution in [1.82, 2.24) is 5.32 Å². The van der Waals surface area contributed by atoms with Gasteiger partial charge in [0.05, 0.1) is 12.6 Å². The van der Waals surface area contributed by atoms with Crippen LogP contribution in [0.15, 0.2) is 18.2 Å². The molecule has 1 unspecified atom stereocenters. The molecule has 0 saturated heterocycles. The zero-order valence-electron chi connectivity index (χ0n) is 8.98. The summed E-state index contributed by atoms with van der Waals surface area (Å²) in [6, 6.07) is 4.18. The van der Waals surface area contributed by atoms with Crippen LogP contribution in [0.1, 0.15) is 17.2 Å². The minimum Gasteiger partial charge on any atom is -0.290 e. The maximum atomic E-state index is 13.0.